The second-order valence-corrected chi connectivity index (χ2v) is 12.2. The number of amides is 1. The van der Waals surface area contributed by atoms with Gasteiger partial charge in [-0.25, -0.2) is 4.58 Å². The zero-order valence-electron chi connectivity index (χ0n) is 25.3. The van der Waals surface area contributed by atoms with E-state index in [0.29, 0.717) is 39.0 Å². The van der Waals surface area contributed by atoms with Crippen molar-refractivity contribution in [2.24, 2.45) is 0 Å². The monoisotopic (exact) mass is 628 g/mol. The molecule has 0 saturated carbocycles. The molecule has 1 aliphatic carbocycles. The number of carbonyl (C=O) groups excluding carboxylic acids is 2. The van der Waals surface area contributed by atoms with Crippen molar-refractivity contribution in [2.75, 3.05) is 40.1 Å². The quantitative estimate of drug-likeness (QED) is 0.156. The first-order valence-corrected chi connectivity index (χ1v) is 15.3. The van der Waals surface area contributed by atoms with Crippen LogP contribution in [0.3, 0.4) is 0 Å². The van der Waals surface area contributed by atoms with Crippen molar-refractivity contribution in [3.8, 4) is 28.2 Å². The number of nitrogens with zero attached hydrogens (tertiary/aromatic N) is 3. The van der Waals surface area contributed by atoms with E-state index < -0.39 is 19.7 Å². The molecule has 3 aromatic rings. The number of carbonyl (C=O) groups is 2. The summed E-state index contributed by atoms with van der Waals surface area (Å²) >= 11 is 0. The normalized spacial score (nSPS) is 12.5. The zero-order chi connectivity index (χ0) is 32.6. The van der Waals surface area contributed by atoms with E-state index >= 15 is 0 Å². The van der Waals surface area contributed by atoms with Gasteiger partial charge >= 0.3 is 7.82 Å². The Labute approximate surface area is 259 Å². The average Bonchev–Trinajstić information content (AvgIpc) is 2.98. The van der Waals surface area contributed by atoms with Crippen molar-refractivity contribution in [1.29, 1.82) is 0 Å². The fourth-order valence-electron chi connectivity index (χ4n) is 5.13. The molecule has 1 N–H and O–H groups in total. The van der Waals surface area contributed by atoms with E-state index in [1.54, 1.807) is 31.3 Å². The van der Waals surface area contributed by atoms with Crippen molar-refractivity contribution < 1.29 is 38.0 Å². The topological polar surface area (TPSA) is 149 Å². The van der Waals surface area contributed by atoms with Crippen molar-refractivity contribution in [3.63, 3.8) is 0 Å². The molecule has 1 aliphatic heterocycles. The molecular formula is C33H31N3O8P-. The van der Waals surface area contributed by atoms with E-state index in [1.807, 2.05) is 74.1 Å². The highest BCUT2D eigenvalue weighted by Crippen LogP contribution is 2.42. The van der Waals surface area contributed by atoms with Crippen molar-refractivity contribution in [1.82, 2.24) is 9.48 Å². The maximum absolute atomic E-state index is 13.4. The Bertz CT molecular complexity index is 2020. The largest absolute Gasteiger partial charge is 0.746 e. The number of aromatic carboxylic acids is 1. The van der Waals surface area contributed by atoms with Crippen LogP contribution >= 0.6 is 7.82 Å². The molecule has 1 heterocycles. The van der Waals surface area contributed by atoms with Gasteiger partial charge in [0.25, 0.3) is 5.91 Å². The van der Waals surface area contributed by atoms with Gasteiger partial charge < -0.3 is 38.4 Å². The van der Waals surface area contributed by atoms with Crippen molar-refractivity contribution in [3.05, 3.63) is 101 Å². The Balaban J connectivity index is 1.57. The van der Waals surface area contributed by atoms with Crippen LogP contribution in [0.25, 0.3) is 33.4 Å². The van der Waals surface area contributed by atoms with E-state index in [0.717, 1.165) is 11.0 Å². The van der Waals surface area contributed by atoms with Crippen LogP contribution < -0.4 is 29.4 Å². The molecule has 3 aromatic carbocycles. The molecule has 45 heavy (non-hydrogen) atoms. The average molecular weight is 629 g/mol. The fourth-order valence-corrected chi connectivity index (χ4v) is 5.52. The number of carboxylic acids is 1. The molecule has 5 rings (SSSR count). The van der Waals surface area contributed by atoms with Gasteiger partial charge in [0.2, 0.25) is 5.36 Å². The van der Waals surface area contributed by atoms with Crippen molar-refractivity contribution in [2.45, 2.75) is 6.54 Å². The lowest BCUT2D eigenvalue weighted by Gasteiger charge is -2.22. The molecule has 2 aliphatic rings. The summed E-state index contributed by atoms with van der Waals surface area (Å²) in [7, 11) is 4.29. The zero-order valence-corrected chi connectivity index (χ0v) is 26.2. The third-order valence-corrected chi connectivity index (χ3v) is 7.83. The molecule has 232 valence electrons. The summed E-state index contributed by atoms with van der Waals surface area (Å²) in [5.74, 6) is -1.38. The second kappa shape index (κ2) is 12.2. The molecular weight excluding hydrogens is 597 g/mol. The molecule has 12 heteroatoms. The Kier molecular flexibility index (Phi) is 8.53. The minimum atomic E-state index is -4.94. The first-order chi connectivity index (χ1) is 21.2. The SMILES string of the molecule is CN(Cc1ccc(OP(=O)([O-])O)cc1)C(=O)c1ccc(-c2c3ccc(=[N+](C)C)cc-3oc3cc(N(C)C)ccc23)c(C(=O)[O-])c1. The van der Waals surface area contributed by atoms with E-state index in [1.165, 1.54) is 23.1 Å². The van der Waals surface area contributed by atoms with E-state index in [4.69, 9.17) is 9.31 Å². The number of fused-ring (bicyclic) bond motifs is 2. The van der Waals surface area contributed by atoms with Gasteiger partial charge in [0.1, 0.15) is 31.2 Å². The summed E-state index contributed by atoms with van der Waals surface area (Å²) in [6, 6.07) is 21.7. The number of phosphoric ester groups is 1. The summed E-state index contributed by atoms with van der Waals surface area (Å²) in [6.07, 6.45) is 0. The maximum atomic E-state index is 13.4. The molecule has 1 amide bonds. The second-order valence-electron chi connectivity index (χ2n) is 11.0. The number of phosphoric acid groups is 1. The third-order valence-electron chi connectivity index (χ3n) is 7.39. The maximum Gasteiger partial charge on any atom is 0.317 e. The molecule has 1 atom stereocenters. The molecule has 0 fully saturated rings. The van der Waals surface area contributed by atoms with Crippen molar-refractivity contribution >= 4 is 36.4 Å². The molecule has 11 nitrogen and oxygen atoms in total. The van der Waals surface area contributed by atoms with Gasteiger partial charge in [-0.15, -0.1) is 0 Å². The number of carboxylic acid groups (broad SMARTS) is 1. The van der Waals surface area contributed by atoms with E-state index in [-0.39, 0.29) is 23.4 Å². The summed E-state index contributed by atoms with van der Waals surface area (Å²) in [4.78, 5) is 49.2. The first-order valence-electron chi connectivity index (χ1n) is 13.8. The molecule has 0 radical (unpaired) electrons. The lowest BCUT2D eigenvalue weighted by Crippen LogP contribution is -2.28. The highest BCUT2D eigenvalue weighted by Gasteiger charge is 2.23. The van der Waals surface area contributed by atoms with Crippen LogP contribution in [-0.2, 0) is 11.1 Å². The predicted molar refractivity (Wildman–Crippen MR) is 167 cm³/mol. The summed E-state index contributed by atoms with van der Waals surface area (Å²) in [5, 5.41) is 14.2. The van der Waals surface area contributed by atoms with Crippen LogP contribution in [0.2, 0.25) is 0 Å². The van der Waals surface area contributed by atoms with Gasteiger partial charge in [0.15, 0.2) is 0 Å². The first kappa shape index (κ1) is 31.5. The lowest BCUT2D eigenvalue weighted by atomic mass is 9.89. The smallest absolute Gasteiger partial charge is 0.317 e. The van der Waals surface area contributed by atoms with Gasteiger partial charge in [0, 0.05) is 73.1 Å². The third kappa shape index (κ3) is 6.76. The molecule has 0 bridgehead atoms. The molecule has 0 saturated heterocycles. The van der Waals surface area contributed by atoms with E-state index in [9.17, 15) is 24.2 Å². The van der Waals surface area contributed by atoms with Crippen LogP contribution in [0.4, 0.5) is 5.69 Å². The lowest BCUT2D eigenvalue weighted by molar-refractivity contribution is -0.255. The van der Waals surface area contributed by atoms with Gasteiger partial charge in [-0.1, -0.05) is 18.2 Å². The minimum absolute atomic E-state index is 0.0765. The van der Waals surface area contributed by atoms with Gasteiger partial charge in [-0.2, -0.15) is 0 Å². The Hall–Kier alpha value is -4.96. The van der Waals surface area contributed by atoms with Crippen LogP contribution in [0.15, 0.2) is 83.3 Å². The molecule has 0 spiro atoms. The van der Waals surface area contributed by atoms with Gasteiger partial charge in [0.05, 0.1) is 12.0 Å². The number of anilines is 1. The highest BCUT2D eigenvalue weighted by molar-refractivity contribution is 7.45. The standard InChI is InChI=1S/C33H32N3O8P/c1-34(2)22-9-14-26-29(17-22)43-30-18-23(35(3)4)10-15-27(30)31(26)25-13-8-21(16-28(25)33(38)39)32(37)36(5)19-20-6-11-24(12-7-20)44-45(40,41)42/h6-18H,19H2,1-5H3,(H2-,38,39,40,41,42)/p-1. The Morgan fingerprint density at radius 3 is 2.24 bits per heavy atom. The summed E-state index contributed by atoms with van der Waals surface area (Å²) in [5.41, 5.74) is 3.84. The van der Waals surface area contributed by atoms with E-state index in [2.05, 4.69) is 4.52 Å². The number of rotatable bonds is 8. The van der Waals surface area contributed by atoms with Crippen LogP contribution in [0, 0.1) is 0 Å². The van der Waals surface area contributed by atoms with Crippen LogP contribution in [-0.4, -0.2) is 56.9 Å². The fraction of sp³-hybridized carbons (Fsp3) is 0.182. The Morgan fingerprint density at radius 2 is 1.62 bits per heavy atom. The summed E-state index contributed by atoms with van der Waals surface area (Å²) < 4.78 is 23.7. The molecule has 1 unspecified atom stereocenters. The number of hydrogen-bond donors (Lipinski definition) is 1. The summed E-state index contributed by atoms with van der Waals surface area (Å²) in [6.45, 7) is 0.133. The van der Waals surface area contributed by atoms with Crippen LogP contribution in [0.1, 0.15) is 26.3 Å². The van der Waals surface area contributed by atoms with Gasteiger partial charge in [-0.3, -0.25) is 9.36 Å². The Morgan fingerprint density at radius 1 is 0.933 bits per heavy atom. The number of benzene rings is 4. The number of hydrogen-bond acceptors (Lipinski definition) is 8. The van der Waals surface area contributed by atoms with Crippen LogP contribution in [0.5, 0.6) is 5.75 Å². The molecule has 0 aromatic heterocycles. The highest BCUT2D eigenvalue weighted by atomic mass is 31.2. The predicted octanol–water partition coefficient (Wildman–Crippen LogP) is 2.78. The van der Waals surface area contributed by atoms with Gasteiger partial charge in [-0.05, 0) is 53.6 Å². The minimum Gasteiger partial charge on any atom is -0.746 e.